The summed E-state index contributed by atoms with van der Waals surface area (Å²) < 4.78 is 136. The van der Waals surface area contributed by atoms with Crippen LogP contribution in [-0.4, -0.2) is 58.8 Å². The Kier molecular flexibility index (Phi) is 21.5. The third kappa shape index (κ3) is 18.3. The number of halogens is 10. The van der Waals surface area contributed by atoms with Crippen LogP contribution in [0.15, 0.2) is 72.8 Å². The first-order chi connectivity index (χ1) is 37.4. The maximum absolute atomic E-state index is 13.9. The molecule has 4 aromatic rings. The van der Waals surface area contributed by atoms with E-state index in [1.165, 1.54) is 23.1 Å². The summed E-state index contributed by atoms with van der Waals surface area (Å²) in [6, 6.07) is 18.4. The third-order valence-corrected chi connectivity index (χ3v) is 14.9. The molecule has 3 saturated carbocycles. The second kappa shape index (κ2) is 27.1. The van der Waals surface area contributed by atoms with Gasteiger partial charge in [0.05, 0.1) is 29.7 Å². The van der Waals surface area contributed by atoms with E-state index < -0.39 is 58.5 Å². The first-order valence-electron chi connectivity index (χ1n) is 27.5. The second-order valence-electron chi connectivity index (χ2n) is 23.1. The average molecular weight is 1150 g/mol. The zero-order valence-electron chi connectivity index (χ0n) is 46.4. The van der Waals surface area contributed by atoms with E-state index in [-0.39, 0.29) is 62.3 Å². The summed E-state index contributed by atoms with van der Waals surface area (Å²) in [5.74, 6) is -0.204. The highest BCUT2D eigenvalue weighted by Gasteiger charge is 2.39. The van der Waals surface area contributed by atoms with E-state index in [1.54, 1.807) is 95.0 Å². The first kappa shape index (κ1) is 63.7. The summed E-state index contributed by atoms with van der Waals surface area (Å²) in [5, 5.41) is 8.92. The van der Waals surface area contributed by atoms with Gasteiger partial charge < -0.3 is 24.2 Å². The lowest BCUT2D eigenvalue weighted by atomic mass is 9.91. The molecule has 1 heterocycles. The molecular weight excluding hydrogens is 1080 g/mol. The molecule has 19 heteroatoms. The molecule has 0 bridgehead atoms. The maximum Gasteiger partial charge on any atom is 0.416 e. The highest BCUT2D eigenvalue weighted by atomic mass is 35.5. The van der Waals surface area contributed by atoms with Crippen LogP contribution in [0.2, 0.25) is 0 Å². The number of hydrogen-bond acceptors (Lipinski definition) is 7. The van der Waals surface area contributed by atoms with Crippen LogP contribution in [0.3, 0.4) is 0 Å². The molecule has 4 aromatic carbocycles. The third-order valence-electron chi connectivity index (χ3n) is 14.6. The number of aliphatic hydroxyl groups excluding tert-OH is 1. The van der Waals surface area contributed by atoms with Crippen LogP contribution in [-0.2, 0) is 63.1 Å². The Morgan fingerprint density at radius 1 is 0.600 bits per heavy atom. The van der Waals surface area contributed by atoms with Gasteiger partial charge in [-0.05, 0) is 180 Å². The molecule has 3 aliphatic carbocycles. The molecule has 8 rings (SSSR count). The molecule has 3 fully saturated rings. The smallest absolute Gasteiger partial charge is 0.416 e. The minimum Gasteiger partial charge on any atom is -0.489 e. The number of benzene rings is 4. The normalized spacial score (nSPS) is 16.4. The fourth-order valence-electron chi connectivity index (χ4n) is 10.9. The van der Waals surface area contributed by atoms with E-state index in [4.69, 9.17) is 30.9 Å². The average Bonchev–Trinajstić information content (AvgIpc) is 4.25. The number of esters is 1. The molecule has 1 aliphatic heterocycles. The van der Waals surface area contributed by atoms with E-state index in [0.717, 1.165) is 88.7 Å². The van der Waals surface area contributed by atoms with Crippen molar-refractivity contribution in [3.05, 3.63) is 128 Å². The van der Waals surface area contributed by atoms with Gasteiger partial charge in [0.1, 0.15) is 30.1 Å². The Labute approximate surface area is 468 Å². The molecule has 1 N–H and O–H groups in total. The molecule has 0 saturated heterocycles. The number of ether oxygens (including phenoxy) is 3. The van der Waals surface area contributed by atoms with Crippen LogP contribution in [0.1, 0.15) is 198 Å². The van der Waals surface area contributed by atoms with Crippen molar-refractivity contribution in [2.45, 2.75) is 198 Å². The van der Waals surface area contributed by atoms with Gasteiger partial charge in [-0.3, -0.25) is 14.5 Å². The van der Waals surface area contributed by atoms with Crippen molar-refractivity contribution in [2.75, 3.05) is 24.5 Å². The highest BCUT2D eigenvalue weighted by Crippen LogP contribution is 2.45. The van der Waals surface area contributed by atoms with Crippen LogP contribution in [0.4, 0.5) is 50.0 Å². The molecule has 0 spiro atoms. The van der Waals surface area contributed by atoms with Gasteiger partial charge in [0.25, 0.3) is 0 Å². The van der Waals surface area contributed by atoms with Gasteiger partial charge in [-0.15, -0.1) is 11.6 Å². The molecule has 9 nitrogen and oxygen atoms in total. The topological polar surface area (TPSA) is 106 Å². The number of amides is 2. The zero-order chi connectivity index (χ0) is 58.8. The van der Waals surface area contributed by atoms with Crippen LogP contribution >= 0.6 is 11.6 Å². The van der Waals surface area contributed by atoms with Crippen LogP contribution in [0.5, 0.6) is 5.75 Å². The number of aliphatic hydroxyl groups is 1. The van der Waals surface area contributed by atoms with Crippen molar-refractivity contribution in [1.82, 2.24) is 4.90 Å². The van der Waals surface area contributed by atoms with Crippen molar-refractivity contribution in [3.63, 3.8) is 0 Å². The summed E-state index contributed by atoms with van der Waals surface area (Å²) in [6.07, 6.45) is -2.41. The van der Waals surface area contributed by atoms with Crippen LogP contribution in [0.25, 0.3) is 0 Å². The molecule has 0 atom stereocenters. The molecule has 4 aliphatic rings. The van der Waals surface area contributed by atoms with E-state index in [1.807, 2.05) is 0 Å². The number of anilines is 1. The molecule has 0 radical (unpaired) electrons. The summed E-state index contributed by atoms with van der Waals surface area (Å²) in [7, 11) is 0. The Balaban J connectivity index is 0.000000244. The van der Waals surface area contributed by atoms with Crippen molar-refractivity contribution in [3.8, 4) is 5.75 Å². The second-order valence-corrected chi connectivity index (χ2v) is 23.4. The van der Waals surface area contributed by atoms with Crippen molar-refractivity contribution < 1.29 is 73.2 Å². The van der Waals surface area contributed by atoms with Crippen molar-refractivity contribution in [1.29, 1.82) is 0 Å². The quantitative estimate of drug-likeness (QED) is 0.0807. The minimum absolute atomic E-state index is 0.0272. The standard InChI is InChI=1S/C35H45F3N2O6.C13H14ClF3.C13H15F3O/c1-33(2,3)45-31(42)16-17-39(32(43)46-34(4,5)6)21-30(41)40-18-15-25-20-26(12-14-29(25)40)44-22-23-11-13-27(24-9-7-8-10-24)28(19-23)35(36,37)38;14-8-9-5-6-11(10-3-1-2-4-10)12(7-9)13(15,16)17;14-13(15,16)12-7-9(8-17)5-6-11(12)10-3-1-2-4-10/h11-14,19-20,24H,7-10,15-18,21-22H2,1-6H3;5-7,10H,1-4,8H2;5-7,10,17H,1-4,8H2. The largest absolute Gasteiger partial charge is 0.489 e. The van der Waals surface area contributed by atoms with Crippen LogP contribution in [0, 0.1) is 0 Å². The van der Waals surface area contributed by atoms with E-state index in [2.05, 4.69) is 0 Å². The number of hydrogen-bond donors (Lipinski definition) is 1. The number of carbonyl (C=O) groups excluding carboxylic acids is 3. The fraction of sp³-hybridized carbons (Fsp3) is 0.557. The minimum atomic E-state index is -4.44. The van der Waals surface area contributed by atoms with Gasteiger partial charge in [0.2, 0.25) is 5.91 Å². The number of fused-ring (bicyclic) bond motifs is 1. The Hall–Kier alpha value is -5.49. The molecule has 0 aromatic heterocycles. The maximum atomic E-state index is 13.9. The molecule has 0 unspecified atom stereocenters. The lowest BCUT2D eigenvalue weighted by Gasteiger charge is -2.29. The van der Waals surface area contributed by atoms with Gasteiger partial charge in [0.15, 0.2) is 0 Å². The van der Waals surface area contributed by atoms with Crippen molar-refractivity contribution in [2.24, 2.45) is 0 Å². The van der Waals surface area contributed by atoms with Gasteiger partial charge in [-0.25, -0.2) is 4.79 Å². The SMILES string of the molecule is CC(C)(C)OC(=O)CCN(CC(=O)N1CCc2cc(OCc3ccc(C4CCCC4)c(C(F)(F)F)c3)ccc21)C(=O)OC(C)(C)C.FC(F)(F)c1cc(CCl)ccc1C1CCCC1.OCc1ccc(C2CCCC2)c(C(F)(F)F)c1. The predicted molar refractivity (Wildman–Crippen MR) is 289 cm³/mol. The highest BCUT2D eigenvalue weighted by molar-refractivity contribution is 6.17. The van der Waals surface area contributed by atoms with Gasteiger partial charge >= 0.3 is 30.6 Å². The summed E-state index contributed by atoms with van der Waals surface area (Å²) in [6.45, 7) is 10.0. The molecule has 80 heavy (non-hydrogen) atoms. The number of nitrogens with zero attached hydrogens (tertiary/aromatic N) is 2. The fourth-order valence-corrected chi connectivity index (χ4v) is 11.1. The molecule has 440 valence electrons. The number of carbonyl (C=O) groups is 3. The first-order valence-corrected chi connectivity index (χ1v) is 28.0. The number of rotatable bonds is 13. The van der Waals surface area contributed by atoms with Gasteiger partial charge in [-0.2, -0.15) is 39.5 Å². The zero-order valence-corrected chi connectivity index (χ0v) is 47.1. The van der Waals surface area contributed by atoms with Gasteiger partial charge in [0, 0.05) is 24.7 Å². The molecular formula is C61H74ClF9N2O7. The lowest BCUT2D eigenvalue weighted by Crippen LogP contribution is -2.45. The predicted octanol–water partition coefficient (Wildman–Crippen LogP) is 16.8. The van der Waals surface area contributed by atoms with E-state index in [9.17, 15) is 53.9 Å². The monoisotopic (exact) mass is 1150 g/mol. The van der Waals surface area contributed by atoms with Crippen LogP contribution < -0.4 is 9.64 Å². The van der Waals surface area contributed by atoms with E-state index in [0.29, 0.717) is 57.8 Å². The lowest BCUT2D eigenvalue weighted by molar-refractivity contribution is -0.155. The summed E-state index contributed by atoms with van der Waals surface area (Å²) >= 11 is 5.59. The summed E-state index contributed by atoms with van der Waals surface area (Å²) in [4.78, 5) is 41.5. The van der Waals surface area contributed by atoms with E-state index >= 15 is 0 Å². The Morgan fingerprint density at radius 2 is 1.04 bits per heavy atom. The number of alkyl halides is 10. The Bertz CT molecular complexity index is 2650. The van der Waals surface area contributed by atoms with Gasteiger partial charge in [-0.1, -0.05) is 74.9 Å². The summed E-state index contributed by atoms with van der Waals surface area (Å²) in [5.41, 5.74) is 0.852. The Morgan fingerprint density at radius 3 is 1.48 bits per heavy atom. The molecule has 2 amide bonds. The van der Waals surface area contributed by atoms with Crippen molar-refractivity contribution >= 4 is 35.3 Å².